The minimum Gasteiger partial charge on any atom is -0.395 e. The predicted octanol–water partition coefficient (Wildman–Crippen LogP) is -0.189. The summed E-state index contributed by atoms with van der Waals surface area (Å²) >= 11 is 5.53. The molecule has 1 aliphatic heterocycles. The molecule has 0 aliphatic carbocycles. The van der Waals surface area contributed by atoms with Gasteiger partial charge in [0.05, 0.1) is 38.4 Å². The number of rotatable bonds is 8. The first-order valence-electron chi connectivity index (χ1n) is 10.2. The van der Waals surface area contributed by atoms with Crippen molar-refractivity contribution in [2.24, 2.45) is 0 Å². The second-order valence-corrected chi connectivity index (χ2v) is 7.89. The molecule has 0 bridgehead atoms. The highest BCUT2D eigenvalue weighted by atomic mass is 32.1. The summed E-state index contributed by atoms with van der Waals surface area (Å²) in [6, 6.07) is 7.86. The minimum atomic E-state index is -0.117. The van der Waals surface area contributed by atoms with Crippen LogP contribution >= 0.6 is 12.2 Å². The van der Waals surface area contributed by atoms with E-state index in [1.54, 1.807) is 4.90 Å². The third-order valence-corrected chi connectivity index (χ3v) is 5.77. The molecule has 0 amide bonds. The minimum absolute atomic E-state index is 0.0235. The Balaban J connectivity index is 1.58. The van der Waals surface area contributed by atoms with Crippen LogP contribution in [0.5, 0.6) is 0 Å². The number of aromatic nitrogens is 1. The third-order valence-electron chi connectivity index (χ3n) is 5.37. The van der Waals surface area contributed by atoms with E-state index in [-0.39, 0.29) is 12.2 Å². The number of para-hydroxylation sites is 1. The van der Waals surface area contributed by atoms with Gasteiger partial charge in [-0.15, -0.1) is 0 Å². The summed E-state index contributed by atoms with van der Waals surface area (Å²) in [7, 11) is 0. The lowest BCUT2D eigenvalue weighted by atomic mass is 10.1. The van der Waals surface area contributed by atoms with Gasteiger partial charge in [0, 0.05) is 25.1 Å². The van der Waals surface area contributed by atoms with Crippen LogP contribution < -0.4 is 15.8 Å². The molecular formula is C21H31N4O3S+. The van der Waals surface area contributed by atoms with Crippen molar-refractivity contribution in [1.82, 2.24) is 15.2 Å². The summed E-state index contributed by atoms with van der Waals surface area (Å²) in [6.45, 7) is 8.36. The number of hydrogen-bond donors (Lipinski definition) is 4. The number of hydrogen-bond acceptors (Lipinski definition) is 4. The van der Waals surface area contributed by atoms with Crippen LogP contribution in [0.1, 0.15) is 17.5 Å². The lowest BCUT2D eigenvalue weighted by Crippen LogP contribution is -3.14. The van der Waals surface area contributed by atoms with Gasteiger partial charge in [-0.05, 0) is 36.2 Å². The molecule has 7 nitrogen and oxygen atoms in total. The number of aromatic amines is 1. The average Bonchev–Trinajstić information content (AvgIpc) is 2.73. The molecule has 2 aromatic rings. The number of aliphatic hydroxyl groups excluding tert-OH is 1. The molecular weight excluding hydrogens is 388 g/mol. The maximum Gasteiger partial charge on any atom is 0.253 e. The Hall–Kier alpha value is -2.00. The number of aliphatic hydroxyl groups is 1. The van der Waals surface area contributed by atoms with Crippen LogP contribution in [0.4, 0.5) is 0 Å². The SMILES string of the molecule is Cc1cccc2cc(CN(CCO)C(=S)NCCC[NH+]3CCOCC3)c(=O)[nH]c12. The summed E-state index contributed by atoms with van der Waals surface area (Å²) in [6.07, 6.45) is 1.01. The Bertz CT molecular complexity index is 880. The number of ether oxygens (including phenoxy) is 1. The molecule has 29 heavy (non-hydrogen) atoms. The molecule has 1 saturated heterocycles. The molecule has 3 rings (SSSR count). The van der Waals surface area contributed by atoms with Gasteiger partial charge in [-0.3, -0.25) is 4.79 Å². The van der Waals surface area contributed by atoms with E-state index in [9.17, 15) is 9.90 Å². The van der Waals surface area contributed by atoms with E-state index < -0.39 is 0 Å². The van der Waals surface area contributed by atoms with Crippen molar-refractivity contribution >= 4 is 28.2 Å². The molecule has 1 fully saturated rings. The lowest BCUT2D eigenvalue weighted by Gasteiger charge is -2.26. The van der Waals surface area contributed by atoms with Crippen LogP contribution in [-0.2, 0) is 11.3 Å². The standard InChI is InChI=1S/C21H30N4O3S/c1-16-4-2-5-17-14-18(20(27)23-19(16)17)15-25(8-11-26)21(29)22-6-3-7-24-9-12-28-13-10-24/h2,4-5,14,26H,3,6-13,15H2,1H3,(H,22,29)(H,23,27)/p+1. The fraction of sp³-hybridized carbons (Fsp3) is 0.524. The Morgan fingerprint density at radius 2 is 2.17 bits per heavy atom. The van der Waals surface area contributed by atoms with E-state index in [1.165, 1.54) is 0 Å². The van der Waals surface area contributed by atoms with Crippen LogP contribution in [0.2, 0.25) is 0 Å². The smallest absolute Gasteiger partial charge is 0.253 e. The Kier molecular flexibility index (Phi) is 8.00. The van der Waals surface area contributed by atoms with Crippen molar-refractivity contribution in [3.05, 3.63) is 45.7 Å². The molecule has 158 valence electrons. The molecule has 2 heterocycles. The molecule has 8 heteroatoms. The van der Waals surface area contributed by atoms with Gasteiger partial charge in [0.25, 0.3) is 5.56 Å². The molecule has 0 unspecified atom stereocenters. The fourth-order valence-electron chi connectivity index (χ4n) is 3.68. The third kappa shape index (κ3) is 5.99. The second-order valence-electron chi connectivity index (χ2n) is 7.51. The number of fused-ring (bicyclic) bond motifs is 1. The van der Waals surface area contributed by atoms with E-state index in [1.807, 2.05) is 36.1 Å². The van der Waals surface area contributed by atoms with E-state index in [0.717, 1.165) is 62.3 Å². The van der Waals surface area contributed by atoms with Gasteiger partial charge >= 0.3 is 0 Å². The summed E-state index contributed by atoms with van der Waals surface area (Å²) in [5.41, 5.74) is 2.42. The largest absolute Gasteiger partial charge is 0.395 e. The Morgan fingerprint density at radius 3 is 2.93 bits per heavy atom. The van der Waals surface area contributed by atoms with Gasteiger partial charge in [0.15, 0.2) is 5.11 Å². The molecule has 1 aliphatic rings. The zero-order valence-corrected chi connectivity index (χ0v) is 17.8. The van der Waals surface area contributed by atoms with Crippen molar-refractivity contribution in [2.75, 3.05) is 52.5 Å². The molecule has 0 atom stereocenters. The van der Waals surface area contributed by atoms with Gasteiger partial charge in [0.1, 0.15) is 13.1 Å². The second kappa shape index (κ2) is 10.7. The highest BCUT2D eigenvalue weighted by Crippen LogP contribution is 2.15. The number of nitrogens with zero attached hydrogens (tertiary/aromatic N) is 1. The molecule has 1 aromatic carbocycles. The number of quaternary nitrogens is 1. The Labute approximate surface area is 176 Å². The van der Waals surface area contributed by atoms with Crippen molar-refractivity contribution < 1.29 is 14.7 Å². The van der Waals surface area contributed by atoms with Crippen LogP contribution in [0.3, 0.4) is 0 Å². The number of pyridine rings is 1. The first kappa shape index (κ1) is 21.7. The van der Waals surface area contributed by atoms with Gasteiger partial charge in [-0.2, -0.15) is 0 Å². The topological polar surface area (TPSA) is 82.0 Å². The number of aryl methyl sites for hydroxylation is 1. The molecule has 0 saturated carbocycles. The number of benzene rings is 1. The number of nitrogens with one attached hydrogen (secondary N) is 3. The van der Waals surface area contributed by atoms with E-state index in [2.05, 4.69) is 10.3 Å². The fourth-order valence-corrected chi connectivity index (χ4v) is 3.94. The van der Waals surface area contributed by atoms with Crippen LogP contribution in [0.25, 0.3) is 10.9 Å². The zero-order chi connectivity index (χ0) is 20.6. The van der Waals surface area contributed by atoms with Gasteiger partial charge < -0.3 is 29.9 Å². The monoisotopic (exact) mass is 419 g/mol. The average molecular weight is 420 g/mol. The molecule has 4 N–H and O–H groups in total. The lowest BCUT2D eigenvalue weighted by molar-refractivity contribution is -0.908. The summed E-state index contributed by atoms with van der Waals surface area (Å²) in [4.78, 5) is 19.0. The molecule has 0 radical (unpaired) electrons. The maximum atomic E-state index is 12.6. The highest BCUT2D eigenvalue weighted by Gasteiger charge is 2.15. The van der Waals surface area contributed by atoms with Crippen molar-refractivity contribution in [3.8, 4) is 0 Å². The van der Waals surface area contributed by atoms with E-state index >= 15 is 0 Å². The van der Waals surface area contributed by atoms with Gasteiger partial charge in [0.2, 0.25) is 0 Å². The number of thiocarbonyl (C=S) groups is 1. The molecule has 0 spiro atoms. The predicted molar refractivity (Wildman–Crippen MR) is 118 cm³/mol. The number of H-pyrrole nitrogens is 1. The van der Waals surface area contributed by atoms with E-state index in [4.69, 9.17) is 17.0 Å². The molecule has 1 aromatic heterocycles. The first-order chi connectivity index (χ1) is 14.1. The quantitative estimate of drug-likeness (QED) is 0.351. The van der Waals surface area contributed by atoms with Crippen molar-refractivity contribution in [3.63, 3.8) is 0 Å². The van der Waals surface area contributed by atoms with Gasteiger partial charge in [-0.1, -0.05) is 18.2 Å². The summed E-state index contributed by atoms with van der Waals surface area (Å²) in [5.74, 6) is 0. The normalized spacial score (nSPS) is 14.8. The Morgan fingerprint density at radius 1 is 1.38 bits per heavy atom. The summed E-state index contributed by atoms with van der Waals surface area (Å²) in [5, 5.41) is 14.3. The van der Waals surface area contributed by atoms with Crippen molar-refractivity contribution in [1.29, 1.82) is 0 Å². The first-order valence-corrected chi connectivity index (χ1v) is 10.7. The van der Waals surface area contributed by atoms with E-state index in [0.29, 0.717) is 23.8 Å². The number of morpholine rings is 1. The van der Waals surface area contributed by atoms with Gasteiger partial charge in [-0.25, -0.2) is 0 Å². The van der Waals surface area contributed by atoms with Crippen LogP contribution in [0, 0.1) is 6.92 Å². The highest BCUT2D eigenvalue weighted by molar-refractivity contribution is 7.80. The van der Waals surface area contributed by atoms with Crippen LogP contribution in [-0.4, -0.2) is 72.6 Å². The summed E-state index contributed by atoms with van der Waals surface area (Å²) < 4.78 is 5.39. The zero-order valence-electron chi connectivity index (χ0n) is 17.0. The van der Waals surface area contributed by atoms with Crippen molar-refractivity contribution in [2.45, 2.75) is 19.9 Å². The van der Waals surface area contributed by atoms with Crippen LogP contribution in [0.15, 0.2) is 29.1 Å². The maximum absolute atomic E-state index is 12.6.